The summed E-state index contributed by atoms with van der Waals surface area (Å²) in [7, 11) is 0. The molecule has 8 N–H and O–H groups in total. The van der Waals surface area contributed by atoms with E-state index >= 15 is 0 Å². The average molecular weight is 576 g/mol. The highest BCUT2D eigenvalue weighted by atomic mass is 16.5. The van der Waals surface area contributed by atoms with Crippen molar-refractivity contribution in [2.75, 3.05) is 19.7 Å². The Balaban J connectivity index is 1.19. The summed E-state index contributed by atoms with van der Waals surface area (Å²) in [6, 6.07) is 7.26. The Kier molecular flexibility index (Phi) is 6.71. The van der Waals surface area contributed by atoms with Crippen LogP contribution in [0.1, 0.15) is 47.4 Å². The quantitative estimate of drug-likeness (QED) is 0.257. The number of carbonyl (C=O) groups excluding carboxylic acids is 2. The van der Waals surface area contributed by atoms with Gasteiger partial charge in [-0.3, -0.25) is 14.6 Å². The number of nitrogens with zero attached hydrogens (tertiary/aromatic N) is 4. The molecule has 4 aliphatic heterocycles. The van der Waals surface area contributed by atoms with Gasteiger partial charge in [0.1, 0.15) is 17.9 Å². The van der Waals surface area contributed by atoms with Crippen LogP contribution in [0.25, 0.3) is 0 Å². The number of para-hydroxylation sites is 1. The second-order valence-corrected chi connectivity index (χ2v) is 12.1. The number of aliphatic imine (C=N–C) groups is 2. The predicted octanol–water partition coefficient (Wildman–Crippen LogP) is -0.736. The van der Waals surface area contributed by atoms with E-state index in [4.69, 9.17) is 16.2 Å². The smallest absolute Gasteiger partial charge is 0.255 e. The molecule has 0 radical (unpaired) electrons. The number of carbonyl (C=O) groups is 2. The lowest BCUT2D eigenvalue weighted by Crippen LogP contribution is -2.73. The van der Waals surface area contributed by atoms with Crippen LogP contribution in [0.3, 0.4) is 0 Å². The highest BCUT2D eigenvalue weighted by Crippen LogP contribution is 2.42. The molecule has 3 unspecified atom stereocenters. The van der Waals surface area contributed by atoms with Crippen molar-refractivity contribution in [1.29, 1.82) is 0 Å². The van der Waals surface area contributed by atoms with Crippen molar-refractivity contribution in [3.63, 3.8) is 0 Å². The third-order valence-electron chi connectivity index (χ3n) is 8.76. The number of hydrogen-bond donors (Lipinski definition) is 6. The topological polar surface area (TPSA) is 193 Å². The Hall–Kier alpha value is -4.39. The molecule has 2 aromatic rings. The number of benzene rings is 1. The molecule has 4 aliphatic rings. The van der Waals surface area contributed by atoms with Crippen LogP contribution in [0.15, 0.2) is 46.5 Å². The molecule has 13 nitrogen and oxygen atoms in total. The van der Waals surface area contributed by atoms with Crippen LogP contribution in [0.5, 0.6) is 5.75 Å². The molecule has 13 heteroatoms. The molecule has 1 saturated heterocycles. The van der Waals surface area contributed by atoms with Crippen molar-refractivity contribution in [3.05, 3.63) is 58.9 Å². The lowest BCUT2D eigenvalue weighted by atomic mass is 9.79. The summed E-state index contributed by atoms with van der Waals surface area (Å²) >= 11 is 0. The van der Waals surface area contributed by atoms with Crippen LogP contribution >= 0.6 is 0 Å². The minimum atomic E-state index is -1.24. The molecule has 0 aliphatic carbocycles. The molecule has 5 heterocycles. The normalized spacial score (nSPS) is 28.7. The number of aromatic nitrogens is 1. The molecule has 2 amide bonds. The van der Waals surface area contributed by atoms with Gasteiger partial charge in [0.05, 0.1) is 30.7 Å². The molecule has 1 aromatic heterocycles. The molecule has 42 heavy (non-hydrogen) atoms. The van der Waals surface area contributed by atoms with E-state index in [1.54, 1.807) is 17.2 Å². The van der Waals surface area contributed by atoms with Crippen LogP contribution in [0, 0.1) is 6.92 Å². The van der Waals surface area contributed by atoms with E-state index in [1.807, 2.05) is 31.2 Å². The van der Waals surface area contributed by atoms with E-state index in [1.165, 1.54) is 0 Å². The van der Waals surface area contributed by atoms with Crippen molar-refractivity contribution in [1.82, 2.24) is 25.8 Å². The summed E-state index contributed by atoms with van der Waals surface area (Å²) in [5.41, 5.74) is 14.2. The number of pyridine rings is 1. The number of aliphatic hydroxyl groups excluding tert-OH is 1. The molecule has 0 saturated carbocycles. The molecular weight excluding hydrogens is 538 g/mol. The monoisotopic (exact) mass is 575 g/mol. The lowest BCUT2D eigenvalue weighted by molar-refractivity contribution is -0.120. The van der Waals surface area contributed by atoms with Crippen LogP contribution in [0.2, 0.25) is 0 Å². The Labute approximate surface area is 243 Å². The van der Waals surface area contributed by atoms with Gasteiger partial charge < -0.3 is 42.2 Å². The lowest BCUT2D eigenvalue weighted by Gasteiger charge is -2.46. The summed E-state index contributed by atoms with van der Waals surface area (Å²) in [4.78, 5) is 41.4. The first-order valence-corrected chi connectivity index (χ1v) is 14.2. The number of ether oxygens (including phenoxy) is 1. The van der Waals surface area contributed by atoms with Crippen molar-refractivity contribution >= 4 is 23.7 Å². The van der Waals surface area contributed by atoms with Gasteiger partial charge in [0.15, 0.2) is 17.6 Å². The minimum Gasteiger partial charge on any atom is -0.492 e. The molecule has 1 aromatic carbocycles. The standard InChI is InChI=1S/C29H37N9O4/c1-15-7-8-16(32-12-15)11-21(39)33-13-19-23-29(37-26(30)36-23)24(40)20(14-38(29)27(31)35-19)34-25(41)17-5-4-6-18-22(17)42-10-9-28(18,2)3/h4-8,12,19-20,23-24,40H,9-11,13-14H2,1-3H3,(H2,31,35)(H,33,39)(H,34,41)(H3,30,36,37)/t19-,20?,23?,24+,29?/m0/s1. The molecule has 5 atom stereocenters. The number of guanidine groups is 2. The Bertz CT molecular complexity index is 1470. The van der Waals surface area contributed by atoms with Gasteiger partial charge in [-0.2, -0.15) is 0 Å². The van der Waals surface area contributed by atoms with Gasteiger partial charge in [0, 0.05) is 30.5 Å². The van der Waals surface area contributed by atoms with Gasteiger partial charge in [0.2, 0.25) is 5.91 Å². The number of aryl methyl sites for hydroxylation is 1. The zero-order chi connectivity index (χ0) is 29.8. The molecule has 1 spiro atoms. The van der Waals surface area contributed by atoms with Gasteiger partial charge in [0.25, 0.3) is 5.91 Å². The zero-order valence-corrected chi connectivity index (χ0v) is 23.9. The third kappa shape index (κ3) is 4.57. The van der Waals surface area contributed by atoms with Crippen LogP contribution < -0.4 is 32.2 Å². The Morgan fingerprint density at radius 1 is 1.21 bits per heavy atom. The maximum absolute atomic E-state index is 13.6. The molecule has 1 fully saturated rings. The fraction of sp³-hybridized carbons (Fsp3) is 0.483. The summed E-state index contributed by atoms with van der Waals surface area (Å²) in [6.07, 6.45) is 1.52. The number of fused-ring (bicyclic) bond motifs is 1. The highest BCUT2D eigenvalue weighted by molar-refractivity contribution is 5.98. The van der Waals surface area contributed by atoms with Crippen LogP contribution in [-0.2, 0) is 16.6 Å². The van der Waals surface area contributed by atoms with E-state index in [2.05, 4.69) is 44.8 Å². The first-order chi connectivity index (χ1) is 20.0. The molecule has 222 valence electrons. The maximum atomic E-state index is 13.6. The first kappa shape index (κ1) is 27.8. The van der Waals surface area contributed by atoms with E-state index in [-0.39, 0.29) is 48.7 Å². The fourth-order valence-corrected chi connectivity index (χ4v) is 6.45. The number of rotatable bonds is 6. The van der Waals surface area contributed by atoms with Crippen molar-refractivity contribution in [2.45, 2.75) is 68.9 Å². The number of nitrogens with one attached hydrogen (secondary N) is 3. The van der Waals surface area contributed by atoms with E-state index in [9.17, 15) is 14.7 Å². The van der Waals surface area contributed by atoms with E-state index in [0.29, 0.717) is 23.6 Å². The predicted molar refractivity (Wildman–Crippen MR) is 156 cm³/mol. The van der Waals surface area contributed by atoms with Crippen molar-refractivity contribution in [3.8, 4) is 5.75 Å². The average Bonchev–Trinajstić information content (AvgIpc) is 3.44. The second-order valence-electron chi connectivity index (χ2n) is 12.1. The Morgan fingerprint density at radius 2 is 2.02 bits per heavy atom. The van der Waals surface area contributed by atoms with Crippen molar-refractivity contribution in [2.24, 2.45) is 21.5 Å². The van der Waals surface area contributed by atoms with Gasteiger partial charge in [-0.05, 0) is 36.5 Å². The van der Waals surface area contributed by atoms with Gasteiger partial charge in [-0.1, -0.05) is 32.0 Å². The maximum Gasteiger partial charge on any atom is 0.255 e. The Morgan fingerprint density at radius 3 is 2.79 bits per heavy atom. The SMILES string of the molecule is Cc1ccc(CC(=O)NC[C@@H]2N=C(N)N3CC(NC(=O)c4cccc5c4OCCC5(C)C)[C@@H](O)C34NC(N)=NC24)nc1. The molecular formula is C29H37N9O4. The summed E-state index contributed by atoms with van der Waals surface area (Å²) in [6.45, 7) is 7.00. The van der Waals surface area contributed by atoms with Gasteiger partial charge >= 0.3 is 0 Å². The number of aliphatic hydroxyl groups is 1. The summed E-state index contributed by atoms with van der Waals surface area (Å²) in [5, 5.41) is 20.7. The first-order valence-electron chi connectivity index (χ1n) is 14.2. The van der Waals surface area contributed by atoms with Crippen LogP contribution in [0.4, 0.5) is 0 Å². The van der Waals surface area contributed by atoms with E-state index in [0.717, 1.165) is 17.5 Å². The largest absolute Gasteiger partial charge is 0.492 e. The third-order valence-corrected chi connectivity index (χ3v) is 8.76. The minimum absolute atomic E-state index is 0.110. The second kappa shape index (κ2) is 10.2. The fourth-order valence-electron chi connectivity index (χ4n) is 6.45. The van der Waals surface area contributed by atoms with Crippen molar-refractivity contribution < 1.29 is 19.4 Å². The number of amides is 2. The van der Waals surface area contributed by atoms with Gasteiger partial charge in [-0.25, -0.2) is 9.98 Å². The summed E-state index contributed by atoms with van der Waals surface area (Å²) < 4.78 is 5.94. The van der Waals surface area contributed by atoms with Gasteiger partial charge in [-0.15, -0.1) is 0 Å². The molecule has 0 bridgehead atoms. The van der Waals surface area contributed by atoms with Crippen LogP contribution in [-0.4, -0.2) is 88.3 Å². The molecule has 6 rings (SSSR count). The zero-order valence-electron chi connectivity index (χ0n) is 23.9. The van der Waals surface area contributed by atoms with E-state index < -0.39 is 29.9 Å². The highest BCUT2D eigenvalue weighted by Gasteiger charge is 2.65. The number of hydrogen-bond acceptors (Lipinski definition) is 11. The summed E-state index contributed by atoms with van der Waals surface area (Å²) in [5.74, 6) is 0.247. The number of nitrogens with two attached hydrogens (primary N) is 2.